The predicted molar refractivity (Wildman–Crippen MR) is 76.9 cm³/mol. The number of alkyl halides is 3. The highest BCUT2D eigenvalue weighted by atomic mass is 19.4. The van der Waals surface area contributed by atoms with E-state index >= 15 is 0 Å². The lowest BCUT2D eigenvalue weighted by molar-refractivity contribution is -0.137. The van der Waals surface area contributed by atoms with Crippen LogP contribution in [-0.4, -0.2) is 11.8 Å². The topological polar surface area (TPSA) is 63.4 Å². The summed E-state index contributed by atoms with van der Waals surface area (Å²) < 4.78 is 39.9. The number of fused-ring (bicyclic) bond motifs is 1. The van der Waals surface area contributed by atoms with Gasteiger partial charge in [0.05, 0.1) is 22.4 Å². The van der Waals surface area contributed by atoms with Crippen molar-refractivity contribution in [2.24, 2.45) is 5.73 Å². The highest BCUT2D eigenvalue weighted by Crippen LogP contribution is 2.40. The Morgan fingerprint density at radius 2 is 1.52 bits per heavy atom. The molecular formula is C16H11F3N2O2. The Bertz CT molecular complexity index is 780. The Balaban J connectivity index is 2.17. The molecule has 2 amide bonds. The maximum atomic E-state index is 13.3. The molecule has 1 aliphatic rings. The second kappa shape index (κ2) is 5.20. The highest BCUT2D eigenvalue weighted by molar-refractivity contribution is 6.34. The molecule has 2 N–H and O–H groups in total. The van der Waals surface area contributed by atoms with Gasteiger partial charge in [-0.05, 0) is 29.8 Å². The number of imide groups is 1. The second-order valence-electron chi connectivity index (χ2n) is 5.04. The third kappa shape index (κ3) is 2.39. The third-order valence-electron chi connectivity index (χ3n) is 3.64. The molecule has 0 bridgehead atoms. The quantitative estimate of drug-likeness (QED) is 0.865. The van der Waals surface area contributed by atoms with E-state index in [1.54, 1.807) is 12.1 Å². The van der Waals surface area contributed by atoms with Gasteiger partial charge in [-0.3, -0.25) is 9.59 Å². The first-order valence-electron chi connectivity index (χ1n) is 6.72. The van der Waals surface area contributed by atoms with Gasteiger partial charge in [0.2, 0.25) is 0 Å². The van der Waals surface area contributed by atoms with Crippen LogP contribution in [0.4, 0.5) is 18.9 Å². The van der Waals surface area contributed by atoms with Crippen molar-refractivity contribution in [1.82, 2.24) is 0 Å². The van der Waals surface area contributed by atoms with Crippen LogP contribution in [0.2, 0.25) is 0 Å². The molecule has 1 heterocycles. The van der Waals surface area contributed by atoms with Crippen LogP contribution >= 0.6 is 0 Å². The molecule has 2 aromatic carbocycles. The first-order chi connectivity index (χ1) is 10.8. The van der Waals surface area contributed by atoms with Gasteiger partial charge in [-0.15, -0.1) is 0 Å². The summed E-state index contributed by atoms with van der Waals surface area (Å²) in [6, 6.07) is 9.26. The maximum Gasteiger partial charge on any atom is 0.418 e. The van der Waals surface area contributed by atoms with E-state index in [-0.39, 0.29) is 23.2 Å². The summed E-state index contributed by atoms with van der Waals surface area (Å²) in [5.41, 5.74) is 4.27. The number of hydrogen-bond donors (Lipinski definition) is 1. The number of nitrogens with two attached hydrogens (primary N) is 1. The Morgan fingerprint density at radius 1 is 0.957 bits per heavy atom. The molecule has 4 nitrogen and oxygen atoms in total. The molecule has 2 aromatic rings. The van der Waals surface area contributed by atoms with Gasteiger partial charge >= 0.3 is 6.18 Å². The van der Waals surface area contributed by atoms with Crippen LogP contribution in [0.3, 0.4) is 0 Å². The van der Waals surface area contributed by atoms with E-state index in [9.17, 15) is 22.8 Å². The van der Waals surface area contributed by atoms with Gasteiger partial charge in [-0.1, -0.05) is 18.2 Å². The molecule has 118 valence electrons. The minimum absolute atomic E-state index is 0.0779. The zero-order valence-corrected chi connectivity index (χ0v) is 11.7. The SMILES string of the molecule is NCc1ccc(N2C(=O)c3ccccc3C2=O)c(C(F)(F)F)c1. The van der Waals surface area contributed by atoms with Crippen LogP contribution in [0.1, 0.15) is 31.8 Å². The van der Waals surface area contributed by atoms with E-state index in [1.807, 2.05) is 0 Å². The predicted octanol–water partition coefficient (Wildman–Crippen LogP) is 2.96. The summed E-state index contributed by atoms with van der Waals surface area (Å²) in [6.45, 7) is -0.0779. The second-order valence-corrected chi connectivity index (χ2v) is 5.04. The van der Waals surface area contributed by atoms with Gasteiger partial charge in [-0.2, -0.15) is 13.2 Å². The van der Waals surface area contributed by atoms with E-state index in [4.69, 9.17) is 5.73 Å². The minimum atomic E-state index is -4.71. The molecule has 0 aromatic heterocycles. The van der Waals surface area contributed by atoms with Crippen molar-refractivity contribution in [2.45, 2.75) is 12.7 Å². The van der Waals surface area contributed by atoms with Crippen LogP contribution in [0, 0.1) is 0 Å². The van der Waals surface area contributed by atoms with Crippen LogP contribution in [0.5, 0.6) is 0 Å². The Hall–Kier alpha value is -2.67. The molecular weight excluding hydrogens is 309 g/mol. The minimum Gasteiger partial charge on any atom is -0.326 e. The van der Waals surface area contributed by atoms with Crippen molar-refractivity contribution in [3.63, 3.8) is 0 Å². The molecule has 0 unspecified atom stereocenters. The maximum absolute atomic E-state index is 13.3. The lowest BCUT2D eigenvalue weighted by atomic mass is 10.1. The van der Waals surface area contributed by atoms with E-state index in [0.717, 1.165) is 12.1 Å². The fourth-order valence-corrected chi connectivity index (χ4v) is 2.54. The zero-order valence-electron chi connectivity index (χ0n) is 11.7. The first-order valence-corrected chi connectivity index (χ1v) is 6.72. The van der Waals surface area contributed by atoms with E-state index in [2.05, 4.69) is 0 Å². The van der Waals surface area contributed by atoms with Crippen molar-refractivity contribution >= 4 is 17.5 Å². The number of benzene rings is 2. The molecule has 0 saturated heterocycles. The average Bonchev–Trinajstić information content (AvgIpc) is 2.78. The van der Waals surface area contributed by atoms with Gasteiger partial charge in [0.1, 0.15) is 0 Å². The van der Waals surface area contributed by atoms with Gasteiger partial charge in [0, 0.05) is 6.54 Å². The Labute approximate surface area is 129 Å². The lowest BCUT2D eigenvalue weighted by Crippen LogP contribution is -2.31. The van der Waals surface area contributed by atoms with E-state index < -0.39 is 29.2 Å². The number of nitrogens with zero attached hydrogens (tertiary/aromatic N) is 1. The largest absolute Gasteiger partial charge is 0.418 e. The summed E-state index contributed by atoms with van der Waals surface area (Å²) >= 11 is 0. The Morgan fingerprint density at radius 3 is 2.00 bits per heavy atom. The number of hydrogen-bond acceptors (Lipinski definition) is 3. The molecule has 3 rings (SSSR count). The fraction of sp³-hybridized carbons (Fsp3) is 0.125. The van der Waals surface area contributed by atoms with Gasteiger partial charge in [-0.25, -0.2) is 4.90 Å². The van der Waals surface area contributed by atoms with E-state index in [0.29, 0.717) is 4.90 Å². The number of carbonyl (C=O) groups excluding carboxylic acids is 2. The molecule has 0 spiro atoms. The summed E-state index contributed by atoms with van der Waals surface area (Å²) in [5, 5.41) is 0. The number of anilines is 1. The fourth-order valence-electron chi connectivity index (χ4n) is 2.54. The van der Waals surface area contributed by atoms with Crippen LogP contribution in [0.15, 0.2) is 42.5 Å². The summed E-state index contributed by atoms with van der Waals surface area (Å²) in [6.07, 6.45) is -4.71. The van der Waals surface area contributed by atoms with Gasteiger partial charge in [0.15, 0.2) is 0 Å². The lowest BCUT2D eigenvalue weighted by Gasteiger charge is -2.20. The summed E-state index contributed by atoms with van der Waals surface area (Å²) in [7, 11) is 0. The van der Waals surface area contributed by atoms with Crippen molar-refractivity contribution < 1.29 is 22.8 Å². The van der Waals surface area contributed by atoms with Crippen molar-refractivity contribution in [2.75, 3.05) is 4.90 Å². The normalized spacial score (nSPS) is 14.3. The van der Waals surface area contributed by atoms with Crippen molar-refractivity contribution in [3.8, 4) is 0 Å². The van der Waals surface area contributed by atoms with Crippen LogP contribution in [0.25, 0.3) is 0 Å². The molecule has 0 aliphatic carbocycles. The highest BCUT2D eigenvalue weighted by Gasteiger charge is 2.42. The molecule has 7 heteroatoms. The van der Waals surface area contributed by atoms with Crippen molar-refractivity contribution in [3.05, 3.63) is 64.7 Å². The molecule has 0 radical (unpaired) electrons. The van der Waals surface area contributed by atoms with Crippen LogP contribution in [-0.2, 0) is 12.7 Å². The molecule has 0 atom stereocenters. The Kier molecular flexibility index (Phi) is 3.45. The van der Waals surface area contributed by atoms with E-state index in [1.165, 1.54) is 18.2 Å². The number of halogens is 3. The summed E-state index contributed by atoms with van der Waals surface area (Å²) in [5.74, 6) is -1.53. The monoisotopic (exact) mass is 320 g/mol. The number of carbonyl (C=O) groups is 2. The average molecular weight is 320 g/mol. The molecule has 23 heavy (non-hydrogen) atoms. The number of amides is 2. The van der Waals surface area contributed by atoms with Gasteiger partial charge in [0.25, 0.3) is 11.8 Å². The molecule has 1 aliphatic heterocycles. The molecule has 0 fully saturated rings. The smallest absolute Gasteiger partial charge is 0.326 e. The van der Waals surface area contributed by atoms with Crippen molar-refractivity contribution in [1.29, 1.82) is 0 Å². The third-order valence-corrected chi connectivity index (χ3v) is 3.64. The van der Waals surface area contributed by atoms with Crippen LogP contribution < -0.4 is 10.6 Å². The zero-order chi connectivity index (χ0) is 16.8. The first kappa shape index (κ1) is 15.2. The number of rotatable bonds is 2. The standard InChI is InChI=1S/C16H11F3N2O2/c17-16(18,19)12-7-9(8-20)5-6-13(12)21-14(22)10-3-1-2-4-11(10)15(21)23/h1-7H,8,20H2. The molecule has 0 saturated carbocycles. The summed E-state index contributed by atoms with van der Waals surface area (Å²) in [4.78, 5) is 25.3. The van der Waals surface area contributed by atoms with Gasteiger partial charge < -0.3 is 5.73 Å².